The highest BCUT2D eigenvalue weighted by molar-refractivity contribution is 7.90. The highest BCUT2D eigenvalue weighted by atomic mass is 32.2. The summed E-state index contributed by atoms with van der Waals surface area (Å²) >= 11 is 0. The van der Waals surface area contributed by atoms with Crippen LogP contribution in [0.4, 0.5) is 0 Å². The Balaban J connectivity index is 1.87. The fourth-order valence-corrected chi connectivity index (χ4v) is 5.14. The number of para-hydroxylation sites is 1. The van der Waals surface area contributed by atoms with Crippen molar-refractivity contribution >= 4 is 26.6 Å². The van der Waals surface area contributed by atoms with Gasteiger partial charge in [-0.05, 0) is 30.5 Å². The Morgan fingerprint density at radius 1 is 1.03 bits per heavy atom. The molecule has 154 valence electrons. The van der Waals surface area contributed by atoms with Crippen LogP contribution < -0.4 is 5.32 Å². The third kappa shape index (κ3) is 5.07. The van der Waals surface area contributed by atoms with Crippen molar-refractivity contribution in [2.24, 2.45) is 0 Å². The number of aryl methyl sites for hydroxylation is 1. The van der Waals surface area contributed by atoms with E-state index in [0.29, 0.717) is 11.9 Å². The maximum absolute atomic E-state index is 13.2. The second-order valence-corrected chi connectivity index (χ2v) is 9.34. The summed E-state index contributed by atoms with van der Waals surface area (Å²) in [5, 5.41) is 3.57. The lowest BCUT2D eigenvalue weighted by atomic mass is 10.1. The van der Waals surface area contributed by atoms with E-state index in [9.17, 15) is 13.2 Å². The summed E-state index contributed by atoms with van der Waals surface area (Å²) in [5.41, 5.74) is 2.49. The highest BCUT2D eigenvalue weighted by Gasteiger charge is 2.22. The number of amides is 1. The van der Waals surface area contributed by atoms with E-state index in [1.54, 1.807) is 16.8 Å². The highest BCUT2D eigenvalue weighted by Crippen LogP contribution is 2.28. The number of benzene rings is 2. The van der Waals surface area contributed by atoms with E-state index < -0.39 is 9.84 Å². The minimum absolute atomic E-state index is 0.0586. The predicted molar refractivity (Wildman–Crippen MR) is 117 cm³/mol. The molecule has 5 nitrogen and oxygen atoms in total. The van der Waals surface area contributed by atoms with Crippen LogP contribution in [0.5, 0.6) is 0 Å². The maximum Gasteiger partial charge on any atom is 0.239 e. The molecule has 1 heterocycles. The van der Waals surface area contributed by atoms with Crippen molar-refractivity contribution in [2.45, 2.75) is 50.3 Å². The van der Waals surface area contributed by atoms with Crippen molar-refractivity contribution in [1.29, 1.82) is 0 Å². The zero-order valence-electron chi connectivity index (χ0n) is 17.0. The number of sulfone groups is 1. The third-order valence-corrected chi connectivity index (χ3v) is 6.80. The average Bonchev–Trinajstić information content (AvgIpc) is 3.06. The van der Waals surface area contributed by atoms with Crippen molar-refractivity contribution in [1.82, 2.24) is 9.88 Å². The Labute approximate surface area is 172 Å². The lowest BCUT2D eigenvalue weighted by molar-refractivity contribution is -0.121. The van der Waals surface area contributed by atoms with Gasteiger partial charge in [-0.15, -0.1) is 0 Å². The number of nitrogens with one attached hydrogen (secondary N) is 1. The van der Waals surface area contributed by atoms with E-state index in [0.717, 1.165) is 35.9 Å². The van der Waals surface area contributed by atoms with E-state index in [4.69, 9.17) is 0 Å². The summed E-state index contributed by atoms with van der Waals surface area (Å²) in [6, 6.07) is 14.8. The van der Waals surface area contributed by atoms with Crippen LogP contribution in [0.25, 0.3) is 10.9 Å². The van der Waals surface area contributed by atoms with Gasteiger partial charge in [-0.2, -0.15) is 0 Å². The van der Waals surface area contributed by atoms with E-state index in [1.807, 2.05) is 49.4 Å². The molecular formula is C23H28N2O3S. The first-order valence-electron chi connectivity index (χ1n) is 10.0. The molecular weight excluding hydrogens is 384 g/mol. The normalized spacial score (nSPS) is 11.7. The molecule has 0 atom stereocenters. The van der Waals surface area contributed by atoms with Gasteiger partial charge in [0.05, 0.1) is 10.6 Å². The molecule has 0 saturated carbocycles. The number of hydrogen-bond donors (Lipinski definition) is 1. The Kier molecular flexibility index (Phi) is 6.75. The Hall–Kier alpha value is -2.60. The molecule has 0 aliphatic carbocycles. The third-order valence-electron chi connectivity index (χ3n) is 5.11. The number of fused-ring (bicyclic) bond motifs is 1. The number of nitrogens with zero attached hydrogens (tertiary/aromatic N) is 1. The second-order valence-electron chi connectivity index (χ2n) is 7.38. The van der Waals surface area contributed by atoms with Crippen molar-refractivity contribution in [3.05, 3.63) is 65.9 Å². The van der Waals surface area contributed by atoms with E-state index in [2.05, 4.69) is 12.2 Å². The van der Waals surface area contributed by atoms with Crippen LogP contribution in [-0.4, -0.2) is 25.4 Å². The Morgan fingerprint density at radius 3 is 2.52 bits per heavy atom. The smallest absolute Gasteiger partial charge is 0.239 e. The van der Waals surface area contributed by atoms with Gasteiger partial charge in [0.2, 0.25) is 5.91 Å². The van der Waals surface area contributed by atoms with Crippen molar-refractivity contribution < 1.29 is 13.2 Å². The predicted octanol–water partition coefficient (Wildman–Crippen LogP) is 4.23. The quantitative estimate of drug-likeness (QED) is 0.535. The van der Waals surface area contributed by atoms with Crippen LogP contribution in [0.3, 0.4) is 0 Å². The molecule has 0 saturated heterocycles. The van der Waals surface area contributed by atoms with Crippen LogP contribution in [0.15, 0.2) is 59.6 Å². The molecule has 2 aromatic carbocycles. The molecule has 0 aliphatic heterocycles. The van der Waals surface area contributed by atoms with E-state index in [1.165, 1.54) is 0 Å². The molecule has 3 aromatic rings. The number of rotatable bonds is 9. The zero-order valence-corrected chi connectivity index (χ0v) is 17.8. The fourth-order valence-electron chi connectivity index (χ4n) is 3.46. The molecule has 0 bridgehead atoms. The van der Waals surface area contributed by atoms with Crippen molar-refractivity contribution in [3.8, 4) is 0 Å². The van der Waals surface area contributed by atoms with Crippen LogP contribution in [0, 0.1) is 6.92 Å². The van der Waals surface area contributed by atoms with Crippen molar-refractivity contribution in [2.75, 3.05) is 6.54 Å². The topological polar surface area (TPSA) is 68.2 Å². The van der Waals surface area contributed by atoms with Crippen LogP contribution >= 0.6 is 0 Å². The first kappa shape index (κ1) is 21.1. The summed E-state index contributed by atoms with van der Waals surface area (Å²) < 4.78 is 28.1. The van der Waals surface area contributed by atoms with Gasteiger partial charge in [0, 0.05) is 23.6 Å². The van der Waals surface area contributed by atoms with Crippen LogP contribution in [0.1, 0.15) is 37.3 Å². The molecule has 0 unspecified atom stereocenters. The number of aromatic nitrogens is 1. The second kappa shape index (κ2) is 9.27. The minimum atomic E-state index is -3.55. The molecule has 3 rings (SSSR count). The van der Waals surface area contributed by atoms with Gasteiger partial charge < -0.3 is 9.88 Å². The summed E-state index contributed by atoms with van der Waals surface area (Å²) in [5.74, 6) is -0.165. The summed E-state index contributed by atoms with van der Waals surface area (Å²) in [6.07, 6.45) is 4.73. The molecule has 1 aromatic heterocycles. The SMILES string of the molecule is CCCCCNC(=O)Cn1cc(S(=O)(=O)Cc2ccccc2C)c2ccccc21. The summed E-state index contributed by atoms with van der Waals surface area (Å²) in [6.45, 7) is 4.78. The largest absolute Gasteiger partial charge is 0.355 e. The molecule has 0 radical (unpaired) electrons. The first-order valence-corrected chi connectivity index (χ1v) is 11.7. The average molecular weight is 413 g/mol. The van der Waals surface area contributed by atoms with Gasteiger partial charge in [-0.25, -0.2) is 8.42 Å². The minimum Gasteiger partial charge on any atom is -0.355 e. The molecule has 0 fully saturated rings. The Morgan fingerprint density at radius 2 is 1.76 bits per heavy atom. The number of unbranched alkanes of at least 4 members (excludes halogenated alkanes) is 2. The zero-order chi connectivity index (χ0) is 20.9. The lowest BCUT2D eigenvalue weighted by Gasteiger charge is -2.07. The number of hydrogen-bond acceptors (Lipinski definition) is 3. The Bertz CT molecular complexity index is 1100. The molecule has 29 heavy (non-hydrogen) atoms. The molecule has 0 aliphatic rings. The summed E-state index contributed by atoms with van der Waals surface area (Å²) in [4.78, 5) is 12.6. The van der Waals surface area contributed by atoms with Crippen LogP contribution in [0.2, 0.25) is 0 Å². The van der Waals surface area contributed by atoms with Gasteiger partial charge in [0.15, 0.2) is 9.84 Å². The molecule has 1 N–H and O–H groups in total. The fraction of sp³-hybridized carbons (Fsp3) is 0.348. The monoisotopic (exact) mass is 412 g/mol. The van der Waals surface area contributed by atoms with Gasteiger partial charge >= 0.3 is 0 Å². The van der Waals surface area contributed by atoms with Crippen molar-refractivity contribution in [3.63, 3.8) is 0 Å². The van der Waals surface area contributed by atoms with Gasteiger partial charge in [-0.1, -0.05) is 62.2 Å². The van der Waals surface area contributed by atoms with Crippen LogP contribution in [-0.2, 0) is 26.9 Å². The maximum atomic E-state index is 13.2. The van der Waals surface area contributed by atoms with E-state index in [-0.39, 0.29) is 23.1 Å². The summed E-state index contributed by atoms with van der Waals surface area (Å²) in [7, 11) is -3.55. The molecule has 1 amide bonds. The number of carbonyl (C=O) groups excluding carboxylic acids is 1. The molecule has 0 spiro atoms. The first-order chi connectivity index (χ1) is 13.9. The van der Waals surface area contributed by atoms with Gasteiger partial charge in [0.1, 0.15) is 6.54 Å². The number of carbonyl (C=O) groups is 1. The standard InChI is InChI=1S/C23H28N2O3S/c1-3-4-9-14-24-23(26)16-25-15-22(20-12-7-8-13-21(20)25)29(27,28)17-19-11-6-5-10-18(19)2/h5-8,10-13,15H,3-4,9,14,16-17H2,1-2H3,(H,24,26). The lowest BCUT2D eigenvalue weighted by Crippen LogP contribution is -2.28. The van der Waals surface area contributed by atoms with E-state index >= 15 is 0 Å². The molecule has 6 heteroatoms. The van der Waals surface area contributed by atoms with Gasteiger partial charge in [-0.3, -0.25) is 4.79 Å². The van der Waals surface area contributed by atoms with Gasteiger partial charge in [0.25, 0.3) is 0 Å².